The lowest BCUT2D eigenvalue weighted by atomic mass is 9.94. The quantitative estimate of drug-likeness (QED) is 0.723. The summed E-state index contributed by atoms with van der Waals surface area (Å²) in [6.45, 7) is 6.51. The SMILES string of the molecule is CC(C)[C@@H](NC(=O)[C@@H]1Cc2ccccc2CN1)C(=O)N[C@@H](C)c1ccccc1. The van der Waals surface area contributed by atoms with E-state index >= 15 is 0 Å². The first-order valence-corrected chi connectivity index (χ1v) is 9.91. The molecule has 28 heavy (non-hydrogen) atoms. The minimum absolute atomic E-state index is 0.0113. The van der Waals surface area contributed by atoms with Crippen LogP contribution in [-0.2, 0) is 22.6 Å². The third kappa shape index (κ3) is 4.78. The maximum atomic E-state index is 12.8. The molecular weight excluding hydrogens is 350 g/mol. The Kier molecular flexibility index (Phi) is 6.47. The maximum absolute atomic E-state index is 12.8. The van der Waals surface area contributed by atoms with Gasteiger partial charge in [0.2, 0.25) is 11.8 Å². The van der Waals surface area contributed by atoms with Crippen LogP contribution in [0, 0.1) is 5.92 Å². The second-order valence-electron chi connectivity index (χ2n) is 7.78. The Morgan fingerprint density at radius 1 is 0.929 bits per heavy atom. The molecule has 0 aliphatic carbocycles. The number of benzene rings is 2. The highest BCUT2D eigenvalue weighted by atomic mass is 16.2. The summed E-state index contributed by atoms with van der Waals surface area (Å²) in [5.74, 6) is -0.297. The molecule has 3 rings (SSSR count). The van der Waals surface area contributed by atoms with E-state index in [0.29, 0.717) is 13.0 Å². The molecular formula is C23H29N3O2. The monoisotopic (exact) mass is 379 g/mol. The van der Waals surface area contributed by atoms with Crippen LogP contribution in [0.3, 0.4) is 0 Å². The molecule has 2 amide bonds. The van der Waals surface area contributed by atoms with Crippen LogP contribution in [0.5, 0.6) is 0 Å². The van der Waals surface area contributed by atoms with Gasteiger partial charge >= 0.3 is 0 Å². The lowest BCUT2D eigenvalue weighted by molar-refractivity contribution is -0.131. The minimum atomic E-state index is -0.572. The molecule has 2 aromatic rings. The molecule has 0 bridgehead atoms. The van der Waals surface area contributed by atoms with Gasteiger partial charge in [-0.05, 0) is 36.0 Å². The van der Waals surface area contributed by atoms with Crippen molar-refractivity contribution in [3.05, 3.63) is 71.3 Å². The molecule has 148 valence electrons. The zero-order valence-corrected chi connectivity index (χ0v) is 16.7. The number of hydrogen-bond acceptors (Lipinski definition) is 3. The molecule has 1 aliphatic heterocycles. The van der Waals surface area contributed by atoms with Gasteiger partial charge in [0.25, 0.3) is 0 Å². The number of carbonyl (C=O) groups excluding carboxylic acids is 2. The average Bonchev–Trinajstić information content (AvgIpc) is 2.71. The van der Waals surface area contributed by atoms with Gasteiger partial charge in [-0.2, -0.15) is 0 Å². The molecule has 3 atom stereocenters. The van der Waals surface area contributed by atoms with Gasteiger partial charge in [0.15, 0.2) is 0 Å². The van der Waals surface area contributed by atoms with E-state index in [2.05, 4.69) is 28.1 Å². The van der Waals surface area contributed by atoms with E-state index in [-0.39, 0.29) is 29.8 Å². The van der Waals surface area contributed by atoms with Gasteiger partial charge in [-0.15, -0.1) is 0 Å². The number of fused-ring (bicyclic) bond motifs is 1. The molecule has 5 nitrogen and oxygen atoms in total. The van der Waals surface area contributed by atoms with Crippen LogP contribution < -0.4 is 16.0 Å². The second kappa shape index (κ2) is 9.02. The lowest BCUT2D eigenvalue weighted by Crippen LogP contribution is -2.56. The van der Waals surface area contributed by atoms with Crippen molar-refractivity contribution in [1.82, 2.24) is 16.0 Å². The molecule has 1 heterocycles. The van der Waals surface area contributed by atoms with Crippen LogP contribution in [0.25, 0.3) is 0 Å². The molecule has 2 aromatic carbocycles. The Bertz CT molecular complexity index is 820. The van der Waals surface area contributed by atoms with Crippen LogP contribution in [0.4, 0.5) is 0 Å². The van der Waals surface area contributed by atoms with E-state index in [9.17, 15) is 9.59 Å². The van der Waals surface area contributed by atoms with Gasteiger partial charge in [-0.1, -0.05) is 68.4 Å². The number of amides is 2. The molecule has 3 N–H and O–H groups in total. The van der Waals surface area contributed by atoms with Gasteiger partial charge in [-0.3, -0.25) is 9.59 Å². The van der Waals surface area contributed by atoms with Gasteiger partial charge < -0.3 is 16.0 Å². The van der Waals surface area contributed by atoms with Crippen LogP contribution in [0.15, 0.2) is 54.6 Å². The van der Waals surface area contributed by atoms with Crippen LogP contribution in [0.1, 0.15) is 43.5 Å². The minimum Gasteiger partial charge on any atom is -0.348 e. The predicted molar refractivity (Wildman–Crippen MR) is 111 cm³/mol. The topological polar surface area (TPSA) is 70.2 Å². The van der Waals surface area contributed by atoms with E-state index in [1.54, 1.807) is 0 Å². The van der Waals surface area contributed by atoms with Crippen molar-refractivity contribution < 1.29 is 9.59 Å². The fraction of sp³-hybridized carbons (Fsp3) is 0.391. The normalized spacial score (nSPS) is 18.1. The van der Waals surface area contributed by atoms with Crippen molar-refractivity contribution in [2.75, 3.05) is 0 Å². The van der Waals surface area contributed by atoms with Crippen LogP contribution in [-0.4, -0.2) is 23.9 Å². The van der Waals surface area contributed by atoms with Crippen molar-refractivity contribution in [3.8, 4) is 0 Å². The van der Waals surface area contributed by atoms with Crippen LogP contribution >= 0.6 is 0 Å². The number of hydrogen-bond donors (Lipinski definition) is 3. The van der Waals surface area contributed by atoms with Gasteiger partial charge in [0.1, 0.15) is 6.04 Å². The second-order valence-corrected chi connectivity index (χ2v) is 7.78. The first kappa shape index (κ1) is 20.1. The third-order valence-electron chi connectivity index (χ3n) is 5.30. The van der Waals surface area contributed by atoms with E-state index in [1.165, 1.54) is 11.1 Å². The van der Waals surface area contributed by atoms with Gasteiger partial charge in [0, 0.05) is 6.54 Å². The zero-order chi connectivity index (χ0) is 20.1. The Morgan fingerprint density at radius 2 is 1.57 bits per heavy atom. The average molecular weight is 380 g/mol. The highest BCUT2D eigenvalue weighted by Crippen LogP contribution is 2.17. The Hall–Kier alpha value is -2.66. The summed E-state index contributed by atoms with van der Waals surface area (Å²) in [5, 5.41) is 9.27. The highest BCUT2D eigenvalue weighted by molar-refractivity contribution is 5.90. The van der Waals surface area contributed by atoms with Crippen molar-refractivity contribution in [1.29, 1.82) is 0 Å². The van der Waals surface area contributed by atoms with E-state index < -0.39 is 6.04 Å². The Morgan fingerprint density at radius 3 is 2.25 bits per heavy atom. The molecule has 5 heteroatoms. The summed E-state index contributed by atoms with van der Waals surface area (Å²) in [6.07, 6.45) is 0.634. The molecule has 0 fully saturated rings. The van der Waals surface area contributed by atoms with Crippen molar-refractivity contribution in [3.63, 3.8) is 0 Å². The highest BCUT2D eigenvalue weighted by Gasteiger charge is 2.30. The Labute approximate surface area is 166 Å². The summed E-state index contributed by atoms with van der Waals surface area (Å²) >= 11 is 0. The number of rotatable bonds is 6. The molecule has 0 saturated carbocycles. The maximum Gasteiger partial charge on any atom is 0.243 e. The first-order valence-electron chi connectivity index (χ1n) is 9.91. The first-order chi connectivity index (χ1) is 13.5. The van der Waals surface area contributed by atoms with Crippen LogP contribution in [0.2, 0.25) is 0 Å². The van der Waals surface area contributed by atoms with E-state index in [4.69, 9.17) is 0 Å². The number of carbonyl (C=O) groups is 2. The summed E-state index contributed by atoms with van der Waals surface area (Å²) in [5.41, 5.74) is 3.45. The third-order valence-corrected chi connectivity index (χ3v) is 5.30. The Balaban J connectivity index is 1.62. The molecule has 0 spiro atoms. The fourth-order valence-electron chi connectivity index (χ4n) is 3.56. The largest absolute Gasteiger partial charge is 0.348 e. The summed E-state index contributed by atoms with van der Waals surface area (Å²) in [6, 6.07) is 16.9. The lowest BCUT2D eigenvalue weighted by Gasteiger charge is -2.29. The molecule has 0 unspecified atom stereocenters. The number of nitrogens with one attached hydrogen (secondary N) is 3. The van der Waals surface area contributed by atoms with Crippen molar-refractivity contribution >= 4 is 11.8 Å². The smallest absolute Gasteiger partial charge is 0.243 e. The summed E-state index contributed by atoms with van der Waals surface area (Å²) in [4.78, 5) is 25.7. The summed E-state index contributed by atoms with van der Waals surface area (Å²) < 4.78 is 0. The molecule has 0 radical (unpaired) electrons. The molecule has 1 aliphatic rings. The fourth-order valence-corrected chi connectivity index (χ4v) is 3.56. The van der Waals surface area contributed by atoms with Crippen molar-refractivity contribution in [2.24, 2.45) is 5.92 Å². The zero-order valence-electron chi connectivity index (χ0n) is 16.7. The van der Waals surface area contributed by atoms with E-state index in [1.807, 2.05) is 63.2 Å². The van der Waals surface area contributed by atoms with Gasteiger partial charge in [-0.25, -0.2) is 0 Å². The van der Waals surface area contributed by atoms with Crippen molar-refractivity contribution in [2.45, 2.75) is 51.9 Å². The predicted octanol–water partition coefficient (Wildman–Crippen LogP) is 2.72. The summed E-state index contributed by atoms with van der Waals surface area (Å²) in [7, 11) is 0. The molecule has 0 saturated heterocycles. The standard InChI is InChI=1S/C23H29N3O2/c1-15(2)21(23(28)25-16(3)17-9-5-4-6-10-17)26-22(27)20-13-18-11-7-8-12-19(18)14-24-20/h4-12,15-16,20-21,24H,13-14H2,1-3H3,(H,25,28)(H,26,27)/t16-,20-,21+/m0/s1. The van der Waals surface area contributed by atoms with E-state index in [0.717, 1.165) is 5.56 Å². The molecule has 0 aromatic heterocycles. The van der Waals surface area contributed by atoms with Gasteiger partial charge in [0.05, 0.1) is 12.1 Å².